The largest absolute Gasteiger partial charge is 0.464 e. The number of hydrogen-bond donors (Lipinski definition) is 1. The van der Waals surface area contributed by atoms with Crippen molar-refractivity contribution in [2.24, 2.45) is 16.3 Å². The van der Waals surface area contributed by atoms with Crippen molar-refractivity contribution in [3.8, 4) is 11.3 Å². The van der Waals surface area contributed by atoms with Gasteiger partial charge in [0.05, 0.1) is 22.8 Å². The maximum atomic E-state index is 17.2. The van der Waals surface area contributed by atoms with E-state index in [0.717, 1.165) is 71.7 Å². The van der Waals surface area contributed by atoms with E-state index in [4.69, 9.17) is 14.7 Å². The van der Waals surface area contributed by atoms with E-state index in [1.165, 1.54) is 24.2 Å². The Labute approximate surface area is 323 Å². The van der Waals surface area contributed by atoms with Gasteiger partial charge in [0, 0.05) is 103 Å². The quantitative estimate of drug-likeness (QED) is 0.192. The third kappa shape index (κ3) is 8.21. The number of aliphatic imine (C=N–C) groups is 1. The van der Waals surface area contributed by atoms with Gasteiger partial charge in [0.25, 0.3) is 0 Å². The molecule has 0 radical (unpaired) electrons. The molecule has 1 amide bonds. The van der Waals surface area contributed by atoms with Gasteiger partial charge in [-0.2, -0.15) is 0 Å². The standard InChI is InChI=1S/C42H56FN7O3S/c1-7-27(3)34(44-23-28(4)47-18-20-48(21-19-47)29-11-12-29)22-36-30(8-2)31-13-14-32-35-24-54-37(45-35)15-16-38(51)50-17-9-10-33(46-50)41(52)53-26-42(5,6)25-49(36)40(31)39(32)43/h13-14,22-24,27,29,33,46H,4,7-12,15-21,25-26H2,1-3,5-6H3/b34-22+,44-23?. The lowest BCUT2D eigenvalue weighted by Crippen LogP contribution is -2.55. The number of nitrogens with zero attached hydrogens (tertiary/aromatic N) is 6. The second-order valence-corrected chi connectivity index (χ2v) is 17.2. The van der Waals surface area contributed by atoms with Crippen molar-refractivity contribution < 1.29 is 18.7 Å². The van der Waals surface area contributed by atoms with Crippen LogP contribution in [0.4, 0.5) is 4.39 Å². The van der Waals surface area contributed by atoms with E-state index in [1.54, 1.807) is 5.01 Å². The maximum Gasteiger partial charge on any atom is 0.324 e. The number of carbonyl (C=O) groups excluding carboxylic acids is 2. The Morgan fingerprint density at radius 3 is 2.65 bits per heavy atom. The summed E-state index contributed by atoms with van der Waals surface area (Å²) in [5, 5.41) is 5.05. The molecule has 2 saturated heterocycles. The molecule has 1 saturated carbocycles. The first-order chi connectivity index (χ1) is 26.0. The number of hydrogen-bond acceptors (Lipinski definition) is 9. The number of piperazine rings is 1. The average molecular weight is 758 g/mol. The summed E-state index contributed by atoms with van der Waals surface area (Å²) in [5.41, 5.74) is 7.85. The van der Waals surface area contributed by atoms with E-state index in [2.05, 4.69) is 53.2 Å². The fourth-order valence-corrected chi connectivity index (χ4v) is 8.77. The third-order valence-corrected chi connectivity index (χ3v) is 12.5. The molecule has 2 atom stereocenters. The third-order valence-electron chi connectivity index (χ3n) is 11.6. The molecule has 3 fully saturated rings. The summed E-state index contributed by atoms with van der Waals surface area (Å²) in [5.74, 6) is -0.663. The summed E-state index contributed by atoms with van der Waals surface area (Å²) < 4.78 is 25.3. The van der Waals surface area contributed by atoms with E-state index in [9.17, 15) is 9.59 Å². The van der Waals surface area contributed by atoms with Crippen LogP contribution >= 0.6 is 11.3 Å². The van der Waals surface area contributed by atoms with Gasteiger partial charge in [0.15, 0.2) is 5.82 Å². The molecule has 3 aliphatic heterocycles. The first-order valence-corrected chi connectivity index (χ1v) is 20.8. The Kier molecular flexibility index (Phi) is 11.4. The minimum absolute atomic E-state index is 0.0964. The number of allylic oxidation sites excluding steroid dienone is 2. The molecule has 12 heteroatoms. The van der Waals surface area contributed by atoms with Crippen LogP contribution in [0.25, 0.3) is 28.2 Å². The number of benzene rings is 1. The van der Waals surface area contributed by atoms with E-state index in [0.29, 0.717) is 55.5 Å². The Hall–Kier alpha value is -3.87. The summed E-state index contributed by atoms with van der Waals surface area (Å²) in [6, 6.07) is 4.02. The monoisotopic (exact) mass is 757 g/mol. The molecule has 1 N–H and O–H groups in total. The van der Waals surface area contributed by atoms with E-state index >= 15 is 4.39 Å². The molecule has 2 unspecified atom stereocenters. The fraction of sp³-hybridized carbons (Fsp3) is 0.571. The molecule has 4 aliphatic rings. The molecule has 2 aromatic heterocycles. The molecule has 290 valence electrons. The van der Waals surface area contributed by atoms with Gasteiger partial charge in [-0.25, -0.2) is 14.8 Å². The van der Waals surface area contributed by atoms with Gasteiger partial charge in [-0.3, -0.25) is 24.5 Å². The average Bonchev–Trinajstić information content (AvgIpc) is 3.85. The number of thiazole rings is 1. The normalized spacial score (nSPS) is 22.5. The number of carbonyl (C=O) groups is 2. The summed E-state index contributed by atoms with van der Waals surface area (Å²) in [4.78, 5) is 41.4. The minimum atomic E-state index is -0.603. The highest BCUT2D eigenvalue weighted by Gasteiger charge is 2.33. The van der Waals surface area contributed by atoms with Crippen LogP contribution in [0.15, 0.2) is 40.5 Å². The zero-order valence-electron chi connectivity index (χ0n) is 32.6. The smallest absolute Gasteiger partial charge is 0.324 e. The van der Waals surface area contributed by atoms with Gasteiger partial charge in [0.2, 0.25) is 5.91 Å². The SMILES string of the molecule is C=C(C=N/C(=C/c1c(CC)c2ccc3c(F)c2n1CC(C)(C)COC(=O)C1CCCN(N1)C(=O)CCc1nc-3cs1)C(C)CC)N1CCN(C2CC2)CC1. The molecule has 7 rings (SSSR count). The number of hydrazine groups is 1. The van der Waals surface area contributed by atoms with Crippen LogP contribution < -0.4 is 5.43 Å². The summed E-state index contributed by atoms with van der Waals surface area (Å²) >= 11 is 1.44. The Morgan fingerprint density at radius 1 is 1.15 bits per heavy atom. The minimum Gasteiger partial charge on any atom is -0.464 e. The highest BCUT2D eigenvalue weighted by Crippen LogP contribution is 2.38. The molecular formula is C42H56FN7O3S. The predicted molar refractivity (Wildman–Crippen MR) is 215 cm³/mol. The fourth-order valence-electron chi connectivity index (χ4n) is 7.97. The molecule has 6 bridgehead atoms. The van der Waals surface area contributed by atoms with Crippen molar-refractivity contribution in [3.05, 3.63) is 57.6 Å². The van der Waals surface area contributed by atoms with Crippen molar-refractivity contribution in [1.82, 2.24) is 29.8 Å². The van der Waals surface area contributed by atoms with E-state index in [1.807, 2.05) is 37.6 Å². The van der Waals surface area contributed by atoms with Crippen molar-refractivity contribution in [2.45, 2.75) is 105 Å². The lowest BCUT2D eigenvalue weighted by Gasteiger charge is -2.36. The van der Waals surface area contributed by atoms with Gasteiger partial charge in [-0.1, -0.05) is 47.3 Å². The van der Waals surface area contributed by atoms with Crippen molar-refractivity contribution in [2.75, 3.05) is 39.3 Å². The number of nitrogens with one attached hydrogen (secondary N) is 1. The second kappa shape index (κ2) is 16.1. The topological polar surface area (TPSA) is 95.3 Å². The van der Waals surface area contributed by atoms with Crippen LogP contribution in [0.2, 0.25) is 0 Å². The number of amides is 1. The number of esters is 1. The number of halogens is 1. The lowest BCUT2D eigenvalue weighted by molar-refractivity contribution is -0.154. The first kappa shape index (κ1) is 38.4. The number of cyclic esters (lactones) is 1. The number of rotatable bonds is 8. The number of aromatic nitrogens is 2. The Morgan fingerprint density at radius 2 is 1.93 bits per heavy atom. The predicted octanol–water partition coefficient (Wildman–Crippen LogP) is 7.23. The molecule has 10 nitrogen and oxygen atoms in total. The van der Waals surface area contributed by atoms with Gasteiger partial charge in [0.1, 0.15) is 6.04 Å². The molecule has 0 spiro atoms. The number of aryl methyl sites for hydroxylation is 2. The molecular weight excluding hydrogens is 702 g/mol. The highest BCUT2D eigenvalue weighted by molar-refractivity contribution is 7.09. The van der Waals surface area contributed by atoms with E-state index < -0.39 is 11.5 Å². The van der Waals surface area contributed by atoms with Crippen molar-refractivity contribution >= 4 is 46.4 Å². The maximum absolute atomic E-state index is 17.2. The van der Waals surface area contributed by atoms with Gasteiger partial charge >= 0.3 is 5.97 Å². The van der Waals surface area contributed by atoms with Crippen molar-refractivity contribution in [1.29, 1.82) is 0 Å². The zero-order chi connectivity index (χ0) is 38.1. The zero-order valence-corrected chi connectivity index (χ0v) is 33.4. The first-order valence-electron chi connectivity index (χ1n) is 19.9. The van der Waals surface area contributed by atoms with Gasteiger partial charge < -0.3 is 14.2 Å². The summed E-state index contributed by atoms with van der Waals surface area (Å²) in [6.45, 7) is 20.0. The van der Waals surface area contributed by atoms with Gasteiger partial charge in [-0.05, 0) is 62.1 Å². The Balaban J connectivity index is 1.29. The van der Waals surface area contributed by atoms with Crippen LogP contribution in [-0.2, 0) is 33.7 Å². The van der Waals surface area contributed by atoms with Crippen molar-refractivity contribution in [3.63, 3.8) is 0 Å². The molecule has 3 aromatic rings. The summed E-state index contributed by atoms with van der Waals surface area (Å²) in [7, 11) is 0. The lowest BCUT2D eigenvalue weighted by atomic mass is 9.94. The Bertz CT molecular complexity index is 1950. The molecule has 1 aromatic carbocycles. The molecule has 54 heavy (non-hydrogen) atoms. The highest BCUT2D eigenvalue weighted by atomic mass is 32.1. The van der Waals surface area contributed by atoms with Gasteiger partial charge in [-0.15, -0.1) is 11.3 Å². The van der Waals surface area contributed by atoms with Crippen LogP contribution in [-0.4, -0.2) is 93.9 Å². The second-order valence-electron chi connectivity index (χ2n) is 16.3. The van der Waals surface area contributed by atoms with E-state index in [-0.39, 0.29) is 36.6 Å². The van der Waals surface area contributed by atoms with Crippen LogP contribution in [0.5, 0.6) is 0 Å². The number of ether oxygens (including phenoxy) is 1. The van der Waals surface area contributed by atoms with Crippen LogP contribution in [0.1, 0.15) is 89.4 Å². The number of fused-ring (bicyclic) bond motifs is 6. The summed E-state index contributed by atoms with van der Waals surface area (Å²) in [6.07, 6.45) is 10.2. The molecule has 1 aliphatic carbocycles. The molecule has 5 heterocycles. The van der Waals surface area contributed by atoms with Crippen LogP contribution in [0.3, 0.4) is 0 Å². The van der Waals surface area contributed by atoms with Crippen LogP contribution in [0, 0.1) is 17.2 Å².